The van der Waals surface area contributed by atoms with Crippen LogP contribution in [0.3, 0.4) is 0 Å². The monoisotopic (exact) mass is 276 g/mol. The average Bonchev–Trinajstić information content (AvgIpc) is 2.36. The molecule has 1 fully saturated rings. The van der Waals surface area contributed by atoms with E-state index in [-0.39, 0.29) is 18.2 Å². The van der Waals surface area contributed by atoms with E-state index in [1.807, 2.05) is 13.0 Å². The van der Waals surface area contributed by atoms with Crippen LogP contribution in [0.25, 0.3) is 0 Å². The Morgan fingerprint density at radius 3 is 2.80 bits per heavy atom. The van der Waals surface area contributed by atoms with Gasteiger partial charge >= 0.3 is 5.97 Å². The van der Waals surface area contributed by atoms with E-state index in [1.165, 1.54) is 0 Å². The summed E-state index contributed by atoms with van der Waals surface area (Å²) in [5.41, 5.74) is 2.34. The summed E-state index contributed by atoms with van der Waals surface area (Å²) < 4.78 is 0. The Balaban J connectivity index is 2.07. The topological polar surface area (TPSA) is 95.5 Å². The summed E-state index contributed by atoms with van der Waals surface area (Å²) in [4.78, 5) is 33.4. The van der Waals surface area contributed by atoms with Gasteiger partial charge in [-0.25, -0.2) is 0 Å². The SMILES string of the molecule is Cc1cc(N[C@H]2CCC(=O)NC2=O)ccc1CC(=O)O. The van der Waals surface area contributed by atoms with Crippen LogP contribution < -0.4 is 10.6 Å². The van der Waals surface area contributed by atoms with Crippen LogP contribution in [0.5, 0.6) is 0 Å². The Morgan fingerprint density at radius 1 is 1.45 bits per heavy atom. The number of hydrogen-bond donors (Lipinski definition) is 3. The highest BCUT2D eigenvalue weighted by Crippen LogP contribution is 2.18. The van der Waals surface area contributed by atoms with Crippen LogP contribution in [0, 0.1) is 6.92 Å². The smallest absolute Gasteiger partial charge is 0.307 e. The summed E-state index contributed by atoms with van der Waals surface area (Å²) >= 11 is 0. The van der Waals surface area contributed by atoms with Gasteiger partial charge < -0.3 is 10.4 Å². The predicted molar refractivity (Wildman–Crippen MR) is 72.3 cm³/mol. The Kier molecular flexibility index (Phi) is 4.02. The minimum absolute atomic E-state index is 0.0233. The Labute approximate surface area is 116 Å². The number of nitrogens with one attached hydrogen (secondary N) is 2. The number of carboxylic acids is 1. The molecule has 0 unspecified atom stereocenters. The van der Waals surface area contributed by atoms with Gasteiger partial charge in [-0.05, 0) is 36.6 Å². The van der Waals surface area contributed by atoms with Crippen molar-refractivity contribution >= 4 is 23.5 Å². The molecule has 1 aromatic rings. The first kappa shape index (κ1) is 14.0. The minimum Gasteiger partial charge on any atom is -0.481 e. The van der Waals surface area contributed by atoms with Crippen LogP contribution in [-0.2, 0) is 20.8 Å². The number of aryl methyl sites for hydroxylation is 1. The molecule has 1 heterocycles. The Hall–Kier alpha value is -2.37. The number of piperidine rings is 1. The number of anilines is 1. The van der Waals surface area contributed by atoms with E-state index >= 15 is 0 Å². The lowest BCUT2D eigenvalue weighted by Crippen LogP contribution is -2.47. The molecule has 1 atom stereocenters. The summed E-state index contributed by atoms with van der Waals surface area (Å²) in [7, 11) is 0. The zero-order chi connectivity index (χ0) is 14.7. The number of carbonyl (C=O) groups excluding carboxylic acids is 2. The van der Waals surface area contributed by atoms with Crippen LogP contribution in [-0.4, -0.2) is 28.9 Å². The molecular formula is C14H16N2O4. The van der Waals surface area contributed by atoms with Crippen molar-refractivity contribution in [3.05, 3.63) is 29.3 Å². The maximum absolute atomic E-state index is 11.6. The molecule has 1 saturated heterocycles. The lowest BCUT2D eigenvalue weighted by molar-refractivity contribution is -0.136. The fourth-order valence-corrected chi connectivity index (χ4v) is 2.18. The molecule has 0 radical (unpaired) electrons. The maximum Gasteiger partial charge on any atom is 0.307 e. The molecule has 2 rings (SSSR count). The van der Waals surface area contributed by atoms with Gasteiger partial charge in [-0.1, -0.05) is 6.07 Å². The molecule has 6 nitrogen and oxygen atoms in total. The standard InChI is InChI=1S/C14H16N2O4/c1-8-6-10(3-2-9(8)7-13(18)19)15-11-4-5-12(17)16-14(11)20/h2-3,6,11,15H,4-5,7H2,1H3,(H,18,19)(H,16,17,20)/t11-/m0/s1. The van der Waals surface area contributed by atoms with Crippen molar-refractivity contribution in [2.75, 3.05) is 5.32 Å². The van der Waals surface area contributed by atoms with Gasteiger partial charge in [-0.2, -0.15) is 0 Å². The van der Waals surface area contributed by atoms with Gasteiger partial charge in [0.15, 0.2) is 0 Å². The van der Waals surface area contributed by atoms with Gasteiger partial charge in [0.2, 0.25) is 11.8 Å². The van der Waals surface area contributed by atoms with Gasteiger partial charge in [0.25, 0.3) is 0 Å². The van der Waals surface area contributed by atoms with Gasteiger partial charge in [-0.3, -0.25) is 19.7 Å². The lowest BCUT2D eigenvalue weighted by Gasteiger charge is -2.23. The van der Waals surface area contributed by atoms with E-state index in [0.29, 0.717) is 12.8 Å². The molecule has 2 amide bonds. The van der Waals surface area contributed by atoms with Gasteiger partial charge in [0.1, 0.15) is 6.04 Å². The largest absolute Gasteiger partial charge is 0.481 e. The normalized spacial score (nSPS) is 18.6. The predicted octanol–water partition coefficient (Wildman–Crippen LogP) is 0.839. The second kappa shape index (κ2) is 5.73. The molecule has 1 aromatic carbocycles. The molecular weight excluding hydrogens is 260 g/mol. The summed E-state index contributed by atoms with van der Waals surface area (Å²) in [6.45, 7) is 1.83. The number of aliphatic carboxylic acids is 1. The second-order valence-electron chi connectivity index (χ2n) is 4.86. The summed E-state index contributed by atoms with van der Waals surface area (Å²) in [6, 6.07) is 4.85. The number of amides is 2. The fourth-order valence-electron chi connectivity index (χ4n) is 2.18. The highest BCUT2D eigenvalue weighted by Gasteiger charge is 2.26. The van der Waals surface area contributed by atoms with Crippen molar-refractivity contribution in [3.8, 4) is 0 Å². The molecule has 0 bridgehead atoms. The summed E-state index contributed by atoms with van der Waals surface area (Å²) in [5.74, 6) is -1.45. The first-order valence-electron chi connectivity index (χ1n) is 6.37. The zero-order valence-corrected chi connectivity index (χ0v) is 11.1. The Bertz CT molecular complexity index is 568. The quantitative estimate of drug-likeness (QED) is 0.708. The van der Waals surface area contributed by atoms with E-state index in [2.05, 4.69) is 10.6 Å². The molecule has 6 heteroatoms. The third-order valence-corrected chi connectivity index (χ3v) is 3.26. The van der Waals surface area contributed by atoms with E-state index < -0.39 is 12.0 Å². The van der Waals surface area contributed by atoms with E-state index in [9.17, 15) is 14.4 Å². The van der Waals surface area contributed by atoms with Crippen LogP contribution in [0.2, 0.25) is 0 Å². The first-order valence-corrected chi connectivity index (χ1v) is 6.37. The maximum atomic E-state index is 11.6. The molecule has 106 valence electrons. The van der Waals surface area contributed by atoms with E-state index in [4.69, 9.17) is 5.11 Å². The van der Waals surface area contributed by atoms with Crippen molar-refractivity contribution in [1.29, 1.82) is 0 Å². The highest BCUT2D eigenvalue weighted by atomic mass is 16.4. The lowest BCUT2D eigenvalue weighted by atomic mass is 10.0. The first-order chi connectivity index (χ1) is 9.45. The molecule has 1 aliphatic heterocycles. The number of hydrogen-bond acceptors (Lipinski definition) is 4. The van der Waals surface area contributed by atoms with Crippen molar-refractivity contribution in [1.82, 2.24) is 5.32 Å². The van der Waals surface area contributed by atoms with Gasteiger partial charge in [-0.15, -0.1) is 0 Å². The number of carbonyl (C=O) groups is 3. The number of benzene rings is 1. The van der Waals surface area contributed by atoms with Crippen molar-refractivity contribution in [2.24, 2.45) is 0 Å². The molecule has 20 heavy (non-hydrogen) atoms. The van der Waals surface area contributed by atoms with Crippen LogP contribution in [0.15, 0.2) is 18.2 Å². The molecule has 0 aliphatic carbocycles. The average molecular weight is 276 g/mol. The summed E-state index contributed by atoms with van der Waals surface area (Å²) in [6.07, 6.45) is 0.755. The molecule has 0 spiro atoms. The van der Waals surface area contributed by atoms with Crippen LogP contribution in [0.1, 0.15) is 24.0 Å². The number of rotatable bonds is 4. The summed E-state index contributed by atoms with van der Waals surface area (Å²) in [5, 5.41) is 14.1. The van der Waals surface area contributed by atoms with Crippen LogP contribution >= 0.6 is 0 Å². The zero-order valence-electron chi connectivity index (χ0n) is 11.1. The number of imide groups is 1. The van der Waals surface area contributed by atoms with E-state index in [1.54, 1.807) is 12.1 Å². The molecule has 3 N–H and O–H groups in total. The number of carboxylic acid groups (broad SMARTS) is 1. The van der Waals surface area contributed by atoms with E-state index in [0.717, 1.165) is 16.8 Å². The third kappa shape index (κ3) is 3.34. The molecule has 0 saturated carbocycles. The molecule has 0 aromatic heterocycles. The van der Waals surface area contributed by atoms with Gasteiger partial charge in [0, 0.05) is 12.1 Å². The Morgan fingerprint density at radius 2 is 2.20 bits per heavy atom. The second-order valence-corrected chi connectivity index (χ2v) is 4.86. The van der Waals surface area contributed by atoms with Crippen LogP contribution in [0.4, 0.5) is 5.69 Å². The van der Waals surface area contributed by atoms with Gasteiger partial charge in [0.05, 0.1) is 6.42 Å². The minimum atomic E-state index is -0.876. The van der Waals surface area contributed by atoms with Crippen molar-refractivity contribution < 1.29 is 19.5 Å². The molecule has 1 aliphatic rings. The fraction of sp³-hybridized carbons (Fsp3) is 0.357. The van der Waals surface area contributed by atoms with Crippen molar-refractivity contribution in [2.45, 2.75) is 32.2 Å². The van der Waals surface area contributed by atoms with Crippen molar-refractivity contribution in [3.63, 3.8) is 0 Å². The highest BCUT2D eigenvalue weighted by molar-refractivity contribution is 6.01. The third-order valence-electron chi connectivity index (χ3n) is 3.26.